The Hall–Kier alpha value is -2.64. The summed E-state index contributed by atoms with van der Waals surface area (Å²) in [6.07, 6.45) is 2.44. The van der Waals surface area contributed by atoms with Crippen molar-refractivity contribution in [2.45, 2.75) is 32.0 Å². The Bertz CT molecular complexity index is 865. The van der Waals surface area contributed by atoms with Crippen LogP contribution in [0, 0.1) is 0 Å². The van der Waals surface area contributed by atoms with E-state index in [0.29, 0.717) is 6.54 Å². The van der Waals surface area contributed by atoms with Gasteiger partial charge in [-0.3, -0.25) is 4.90 Å². The lowest BCUT2D eigenvalue weighted by Crippen LogP contribution is -2.31. The number of nitrogens with zero attached hydrogens (tertiary/aromatic N) is 1. The third kappa shape index (κ3) is 4.57. The molecule has 0 radical (unpaired) electrons. The lowest BCUT2D eigenvalue weighted by atomic mass is 10.1. The zero-order valence-corrected chi connectivity index (χ0v) is 17.8. The highest BCUT2D eigenvalue weighted by Gasteiger charge is 2.23. The molecule has 1 fully saturated rings. The first-order valence-corrected chi connectivity index (χ1v) is 10.2. The van der Waals surface area contributed by atoms with Crippen molar-refractivity contribution in [3.05, 3.63) is 41.5 Å². The van der Waals surface area contributed by atoms with Crippen molar-refractivity contribution < 1.29 is 28.4 Å². The molecule has 1 saturated heterocycles. The van der Waals surface area contributed by atoms with Gasteiger partial charge in [-0.05, 0) is 36.6 Å². The number of fused-ring (bicyclic) bond motifs is 1. The van der Waals surface area contributed by atoms with E-state index >= 15 is 0 Å². The molecule has 1 unspecified atom stereocenters. The van der Waals surface area contributed by atoms with Crippen molar-refractivity contribution in [3.63, 3.8) is 0 Å². The Morgan fingerprint density at radius 1 is 0.900 bits per heavy atom. The number of ether oxygens (including phenoxy) is 6. The molecule has 0 N–H and O–H groups in total. The molecular weight excluding hydrogens is 386 g/mol. The molecule has 2 aliphatic heterocycles. The zero-order valence-electron chi connectivity index (χ0n) is 17.8. The minimum atomic E-state index is 0.241. The van der Waals surface area contributed by atoms with Crippen LogP contribution in [0.25, 0.3) is 0 Å². The van der Waals surface area contributed by atoms with E-state index in [4.69, 9.17) is 28.4 Å². The van der Waals surface area contributed by atoms with Gasteiger partial charge in [-0.1, -0.05) is 6.07 Å². The molecule has 0 spiro atoms. The molecule has 0 aliphatic carbocycles. The molecular formula is C23H29NO6. The summed E-state index contributed by atoms with van der Waals surface area (Å²) in [4.78, 5) is 2.37. The van der Waals surface area contributed by atoms with Crippen LogP contribution in [0.1, 0.15) is 24.0 Å². The van der Waals surface area contributed by atoms with Crippen molar-refractivity contribution in [1.82, 2.24) is 4.90 Å². The maximum Gasteiger partial charge on any atom is 0.231 e. The predicted octanol–water partition coefficient (Wildman–Crippen LogP) is 3.62. The number of hydrogen-bond acceptors (Lipinski definition) is 7. The summed E-state index contributed by atoms with van der Waals surface area (Å²) in [6.45, 7) is 3.37. The van der Waals surface area contributed by atoms with E-state index in [1.165, 1.54) is 0 Å². The third-order valence-electron chi connectivity index (χ3n) is 5.51. The van der Waals surface area contributed by atoms with Crippen LogP contribution in [0.3, 0.4) is 0 Å². The van der Waals surface area contributed by atoms with Gasteiger partial charge in [-0.2, -0.15) is 0 Å². The number of benzene rings is 2. The van der Waals surface area contributed by atoms with Gasteiger partial charge >= 0.3 is 0 Å². The maximum atomic E-state index is 5.91. The van der Waals surface area contributed by atoms with Gasteiger partial charge in [0.25, 0.3) is 0 Å². The fourth-order valence-corrected chi connectivity index (χ4v) is 4.02. The maximum absolute atomic E-state index is 5.91. The topological polar surface area (TPSA) is 58.6 Å². The van der Waals surface area contributed by atoms with Crippen LogP contribution in [0.5, 0.6) is 28.7 Å². The van der Waals surface area contributed by atoms with Gasteiger partial charge in [0.1, 0.15) is 5.75 Å². The molecule has 30 heavy (non-hydrogen) atoms. The first-order chi connectivity index (χ1) is 14.7. The minimum absolute atomic E-state index is 0.241. The van der Waals surface area contributed by atoms with Gasteiger partial charge in [0.05, 0.1) is 27.4 Å². The largest absolute Gasteiger partial charge is 0.496 e. The summed E-state index contributed by atoms with van der Waals surface area (Å²) in [7, 11) is 4.98. The monoisotopic (exact) mass is 415 g/mol. The molecule has 0 aromatic heterocycles. The van der Waals surface area contributed by atoms with Crippen LogP contribution in [0.2, 0.25) is 0 Å². The van der Waals surface area contributed by atoms with Crippen molar-refractivity contribution in [3.8, 4) is 28.7 Å². The van der Waals surface area contributed by atoms with Crippen molar-refractivity contribution >= 4 is 0 Å². The Balaban J connectivity index is 1.57. The lowest BCUT2D eigenvalue weighted by molar-refractivity contribution is 0.0676. The zero-order chi connectivity index (χ0) is 20.9. The molecule has 4 rings (SSSR count). The van der Waals surface area contributed by atoms with Crippen LogP contribution in [0.15, 0.2) is 30.3 Å². The molecule has 2 aromatic carbocycles. The van der Waals surface area contributed by atoms with Gasteiger partial charge < -0.3 is 28.4 Å². The molecule has 0 saturated carbocycles. The molecule has 0 amide bonds. The van der Waals surface area contributed by atoms with Crippen LogP contribution < -0.4 is 23.7 Å². The first kappa shape index (κ1) is 20.6. The van der Waals surface area contributed by atoms with Crippen LogP contribution >= 0.6 is 0 Å². The SMILES string of the molecule is COc1cc2c(cc1CN(Cc1ccc(OC)c(OC)c1)CC1CCCO1)OCO2. The third-order valence-corrected chi connectivity index (χ3v) is 5.51. The van der Waals surface area contributed by atoms with Crippen LogP contribution in [0.4, 0.5) is 0 Å². The van der Waals surface area contributed by atoms with Gasteiger partial charge in [0, 0.05) is 37.9 Å². The molecule has 2 heterocycles. The van der Waals surface area contributed by atoms with Crippen molar-refractivity contribution in [2.24, 2.45) is 0 Å². The number of rotatable bonds is 9. The molecule has 0 bridgehead atoms. The molecule has 2 aliphatic rings. The molecule has 1 atom stereocenters. The first-order valence-electron chi connectivity index (χ1n) is 10.2. The second-order valence-electron chi connectivity index (χ2n) is 7.51. The van der Waals surface area contributed by atoms with E-state index in [0.717, 1.165) is 72.4 Å². The fourth-order valence-electron chi connectivity index (χ4n) is 4.02. The van der Waals surface area contributed by atoms with E-state index in [9.17, 15) is 0 Å². The van der Waals surface area contributed by atoms with Crippen LogP contribution in [-0.4, -0.2) is 52.3 Å². The normalized spacial score (nSPS) is 17.4. The molecule has 162 valence electrons. The summed E-state index contributed by atoms with van der Waals surface area (Å²) in [6, 6.07) is 9.95. The Morgan fingerprint density at radius 3 is 2.37 bits per heavy atom. The Labute approximate surface area is 177 Å². The van der Waals surface area contributed by atoms with Crippen LogP contribution in [-0.2, 0) is 17.8 Å². The number of methoxy groups -OCH3 is 3. The van der Waals surface area contributed by atoms with Crippen molar-refractivity contribution in [1.29, 1.82) is 0 Å². The molecule has 2 aromatic rings. The van der Waals surface area contributed by atoms with E-state index < -0.39 is 0 Å². The van der Waals surface area contributed by atoms with Crippen molar-refractivity contribution in [2.75, 3.05) is 41.3 Å². The Kier molecular flexibility index (Phi) is 6.50. The number of hydrogen-bond donors (Lipinski definition) is 0. The summed E-state index contributed by atoms with van der Waals surface area (Å²) in [5, 5.41) is 0. The standard InChI is InChI=1S/C23H29NO6/c1-25-19-7-6-16(9-21(19)27-3)12-24(14-18-5-4-8-28-18)13-17-10-22-23(30-15-29-22)11-20(17)26-2/h6-7,9-11,18H,4-5,8,12-15H2,1-3H3. The molecule has 7 heteroatoms. The van der Waals surface area contributed by atoms with Gasteiger partial charge in [-0.15, -0.1) is 0 Å². The average molecular weight is 415 g/mol. The quantitative estimate of drug-likeness (QED) is 0.620. The van der Waals surface area contributed by atoms with E-state index in [-0.39, 0.29) is 12.9 Å². The summed E-state index contributed by atoms with van der Waals surface area (Å²) in [5.74, 6) is 3.73. The van der Waals surface area contributed by atoms with Gasteiger partial charge in [0.2, 0.25) is 6.79 Å². The average Bonchev–Trinajstić information content (AvgIpc) is 3.44. The van der Waals surface area contributed by atoms with E-state index in [1.807, 2.05) is 24.3 Å². The second-order valence-corrected chi connectivity index (χ2v) is 7.51. The highest BCUT2D eigenvalue weighted by Crippen LogP contribution is 2.39. The van der Waals surface area contributed by atoms with Gasteiger partial charge in [-0.25, -0.2) is 0 Å². The van der Waals surface area contributed by atoms with E-state index in [2.05, 4.69) is 11.0 Å². The highest BCUT2D eigenvalue weighted by atomic mass is 16.7. The van der Waals surface area contributed by atoms with Gasteiger partial charge in [0.15, 0.2) is 23.0 Å². The highest BCUT2D eigenvalue weighted by molar-refractivity contribution is 5.52. The smallest absolute Gasteiger partial charge is 0.231 e. The second kappa shape index (κ2) is 9.45. The van der Waals surface area contributed by atoms with E-state index in [1.54, 1.807) is 21.3 Å². The summed E-state index contributed by atoms with van der Waals surface area (Å²) < 4.78 is 33.5. The summed E-state index contributed by atoms with van der Waals surface area (Å²) >= 11 is 0. The Morgan fingerprint density at radius 2 is 1.67 bits per heavy atom. The lowest BCUT2D eigenvalue weighted by Gasteiger charge is -2.26. The molecule has 7 nitrogen and oxygen atoms in total. The summed E-state index contributed by atoms with van der Waals surface area (Å²) in [5.41, 5.74) is 2.20. The predicted molar refractivity (Wildman–Crippen MR) is 112 cm³/mol. The minimum Gasteiger partial charge on any atom is -0.496 e. The fraction of sp³-hybridized carbons (Fsp3) is 0.478.